The van der Waals surface area contributed by atoms with Gasteiger partial charge in [0.05, 0.1) is 10.9 Å². The fraction of sp³-hybridized carbons (Fsp3) is 0.0488. The SMILES string of the molecule is Cn1c(C(c2ccccc2)c2ccccc2)c(-c2c(OS(=O)(=O)c3cccc4ccccc34)oc(=O)c3ccccc23)c2ccccc21. The Morgan fingerprint density at radius 1 is 0.583 bits per heavy atom. The average Bonchev–Trinajstić information content (AvgIpc) is 3.40. The Bertz CT molecular complexity index is 2600. The van der Waals surface area contributed by atoms with Gasteiger partial charge in [0, 0.05) is 45.9 Å². The van der Waals surface area contributed by atoms with E-state index in [1.807, 2.05) is 98.0 Å². The van der Waals surface area contributed by atoms with E-state index in [0.29, 0.717) is 27.3 Å². The molecule has 2 aromatic heterocycles. The molecule has 0 N–H and O–H groups in total. The number of aryl methyl sites for hydroxylation is 1. The zero-order chi connectivity index (χ0) is 32.8. The molecule has 0 saturated heterocycles. The first-order valence-corrected chi connectivity index (χ1v) is 17.0. The van der Waals surface area contributed by atoms with Gasteiger partial charge >= 0.3 is 21.7 Å². The standard InChI is InChI=1S/C41H29NO5S/c1-42-34-25-13-12-24-33(34)37(39(42)36(28-16-4-2-5-17-28)29-18-6-3-7-19-29)38-31-22-10-11-23-32(31)40(43)46-41(38)47-48(44,45)35-26-14-20-27-15-8-9-21-30(27)35/h2-26,36H,1H3. The average molecular weight is 648 g/mol. The largest absolute Gasteiger partial charge is 0.388 e. The van der Waals surface area contributed by atoms with Crippen LogP contribution in [0.3, 0.4) is 0 Å². The summed E-state index contributed by atoms with van der Waals surface area (Å²) in [5, 5.41) is 2.95. The summed E-state index contributed by atoms with van der Waals surface area (Å²) < 4.78 is 42.4. The lowest BCUT2D eigenvalue weighted by molar-refractivity contribution is 0.364. The molecule has 8 aromatic rings. The third-order valence-corrected chi connectivity index (χ3v) is 10.2. The maximum absolute atomic E-state index is 14.2. The third kappa shape index (κ3) is 4.87. The topological polar surface area (TPSA) is 78.5 Å². The van der Waals surface area contributed by atoms with E-state index in [1.165, 1.54) is 6.07 Å². The second-order valence-electron chi connectivity index (χ2n) is 11.7. The molecular weight excluding hydrogens is 619 g/mol. The summed E-state index contributed by atoms with van der Waals surface area (Å²) in [4.78, 5) is 13.5. The van der Waals surface area contributed by atoms with E-state index >= 15 is 0 Å². The predicted octanol–water partition coefficient (Wildman–Crippen LogP) is 9.05. The lowest BCUT2D eigenvalue weighted by atomic mass is 9.84. The van der Waals surface area contributed by atoms with Crippen LogP contribution >= 0.6 is 0 Å². The van der Waals surface area contributed by atoms with E-state index in [2.05, 4.69) is 28.8 Å². The summed E-state index contributed by atoms with van der Waals surface area (Å²) in [5.74, 6) is -0.655. The summed E-state index contributed by atoms with van der Waals surface area (Å²) in [6, 6.07) is 47.6. The second-order valence-corrected chi connectivity index (χ2v) is 13.2. The fourth-order valence-electron chi connectivity index (χ4n) is 6.85. The molecule has 0 fully saturated rings. The molecule has 0 unspecified atom stereocenters. The molecule has 0 saturated carbocycles. The zero-order valence-corrected chi connectivity index (χ0v) is 26.7. The maximum atomic E-state index is 14.2. The van der Waals surface area contributed by atoms with E-state index in [1.54, 1.807) is 30.3 Å². The Balaban J connectivity index is 1.47. The summed E-state index contributed by atoms with van der Waals surface area (Å²) in [5.41, 5.74) is 4.32. The molecule has 0 aliphatic heterocycles. The molecule has 0 aliphatic rings. The van der Waals surface area contributed by atoms with Gasteiger partial charge in [-0.15, -0.1) is 0 Å². The first-order valence-electron chi connectivity index (χ1n) is 15.6. The minimum absolute atomic E-state index is 0.0213. The quantitative estimate of drug-likeness (QED) is 0.161. The molecule has 0 radical (unpaired) electrons. The molecular formula is C41H29NO5S. The summed E-state index contributed by atoms with van der Waals surface area (Å²) in [6.45, 7) is 0. The number of fused-ring (bicyclic) bond motifs is 3. The number of hydrogen-bond acceptors (Lipinski definition) is 5. The molecule has 48 heavy (non-hydrogen) atoms. The van der Waals surface area contributed by atoms with Gasteiger partial charge in [-0.25, -0.2) is 4.79 Å². The molecule has 0 amide bonds. The van der Waals surface area contributed by atoms with Crippen LogP contribution in [0.4, 0.5) is 0 Å². The van der Waals surface area contributed by atoms with Crippen molar-refractivity contribution in [2.75, 3.05) is 0 Å². The van der Waals surface area contributed by atoms with Crippen LogP contribution in [0.1, 0.15) is 22.7 Å². The molecule has 6 nitrogen and oxygen atoms in total. The highest BCUT2D eigenvalue weighted by molar-refractivity contribution is 7.87. The van der Waals surface area contributed by atoms with Crippen molar-refractivity contribution in [1.29, 1.82) is 0 Å². The number of para-hydroxylation sites is 1. The fourth-order valence-corrected chi connectivity index (χ4v) is 7.95. The lowest BCUT2D eigenvalue weighted by Crippen LogP contribution is -2.14. The van der Waals surface area contributed by atoms with Gasteiger partial charge in [-0.1, -0.05) is 133 Å². The summed E-state index contributed by atoms with van der Waals surface area (Å²) >= 11 is 0. The molecule has 0 bridgehead atoms. The highest BCUT2D eigenvalue weighted by Crippen LogP contribution is 2.48. The molecule has 0 spiro atoms. The van der Waals surface area contributed by atoms with Crippen molar-refractivity contribution in [2.24, 2.45) is 7.05 Å². The van der Waals surface area contributed by atoms with E-state index in [0.717, 1.165) is 33.1 Å². The minimum atomic E-state index is -4.48. The van der Waals surface area contributed by atoms with Gasteiger partial charge in [-0.3, -0.25) is 0 Å². The van der Waals surface area contributed by atoms with Crippen molar-refractivity contribution in [3.63, 3.8) is 0 Å². The zero-order valence-electron chi connectivity index (χ0n) is 25.9. The van der Waals surface area contributed by atoms with Crippen LogP contribution in [0.15, 0.2) is 166 Å². The van der Waals surface area contributed by atoms with Gasteiger partial charge in [0.2, 0.25) is 0 Å². The smallest absolute Gasteiger partial charge is 0.346 e. The van der Waals surface area contributed by atoms with Crippen LogP contribution < -0.4 is 9.81 Å². The van der Waals surface area contributed by atoms with Gasteiger partial charge < -0.3 is 13.2 Å². The second kappa shape index (κ2) is 11.7. The van der Waals surface area contributed by atoms with E-state index in [4.69, 9.17) is 8.60 Å². The highest BCUT2D eigenvalue weighted by Gasteiger charge is 2.32. The van der Waals surface area contributed by atoms with Crippen LogP contribution in [-0.2, 0) is 17.2 Å². The number of hydrogen-bond donors (Lipinski definition) is 0. The Morgan fingerprint density at radius 2 is 1.12 bits per heavy atom. The predicted molar refractivity (Wildman–Crippen MR) is 190 cm³/mol. The van der Waals surface area contributed by atoms with Crippen molar-refractivity contribution < 1.29 is 17.0 Å². The Kier molecular flexibility index (Phi) is 7.19. The van der Waals surface area contributed by atoms with Crippen LogP contribution in [0.25, 0.3) is 43.6 Å². The molecule has 234 valence electrons. The summed E-state index contributed by atoms with van der Waals surface area (Å²) in [7, 11) is -2.47. The molecule has 7 heteroatoms. The van der Waals surface area contributed by atoms with Crippen molar-refractivity contribution in [3.8, 4) is 17.1 Å². The normalized spacial score (nSPS) is 11.9. The van der Waals surface area contributed by atoms with E-state index < -0.39 is 15.7 Å². The minimum Gasteiger partial charge on any atom is -0.388 e. The van der Waals surface area contributed by atoms with Crippen molar-refractivity contribution in [1.82, 2.24) is 4.57 Å². The number of benzene rings is 6. The van der Waals surface area contributed by atoms with Gasteiger partial charge in [-0.2, -0.15) is 8.42 Å². The van der Waals surface area contributed by atoms with Gasteiger partial charge in [0.25, 0.3) is 0 Å². The molecule has 6 aromatic carbocycles. The van der Waals surface area contributed by atoms with Gasteiger partial charge in [-0.05, 0) is 34.7 Å². The van der Waals surface area contributed by atoms with Crippen molar-refractivity contribution in [2.45, 2.75) is 10.8 Å². The van der Waals surface area contributed by atoms with Crippen molar-refractivity contribution >= 4 is 42.6 Å². The van der Waals surface area contributed by atoms with E-state index in [-0.39, 0.29) is 16.8 Å². The van der Waals surface area contributed by atoms with Crippen LogP contribution in [0, 0.1) is 0 Å². The summed E-state index contributed by atoms with van der Waals surface area (Å²) in [6.07, 6.45) is 0. The van der Waals surface area contributed by atoms with E-state index in [9.17, 15) is 13.2 Å². The van der Waals surface area contributed by atoms with Crippen LogP contribution in [0.2, 0.25) is 0 Å². The number of nitrogens with zero attached hydrogens (tertiary/aromatic N) is 1. The van der Waals surface area contributed by atoms with Gasteiger partial charge in [0.1, 0.15) is 4.90 Å². The third-order valence-electron chi connectivity index (χ3n) is 8.95. The molecule has 0 aliphatic carbocycles. The lowest BCUT2D eigenvalue weighted by Gasteiger charge is -2.23. The Labute approximate surface area is 277 Å². The molecule has 2 heterocycles. The number of aromatic nitrogens is 1. The van der Waals surface area contributed by atoms with Crippen LogP contribution in [0.5, 0.6) is 5.95 Å². The molecule has 8 rings (SSSR count). The van der Waals surface area contributed by atoms with Gasteiger partial charge in [0.15, 0.2) is 0 Å². The Morgan fingerprint density at radius 3 is 1.81 bits per heavy atom. The first-order chi connectivity index (χ1) is 23.4. The monoisotopic (exact) mass is 647 g/mol. The number of rotatable bonds is 7. The molecule has 0 atom stereocenters. The highest BCUT2D eigenvalue weighted by atomic mass is 32.2. The first kappa shape index (κ1) is 29.5. The Hall–Kier alpha value is -5.92. The van der Waals surface area contributed by atoms with Crippen LogP contribution in [-0.4, -0.2) is 13.0 Å². The van der Waals surface area contributed by atoms with Crippen molar-refractivity contribution in [3.05, 3.63) is 179 Å². The maximum Gasteiger partial charge on any atom is 0.346 e.